The number of unbranched alkanes of at least 4 members (excludes halogenated alkanes) is 1. The first-order valence-corrected chi connectivity index (χ1v) is 6.13. The topological polar surface area (TPSA) is 61.0 Å². The van der Waals surface area contributed by atoms with E-state index in [0.29, 0.717) is 11.7 Å². The van der Waals surface area contributed by atoms with E-state index in [0.717, 1.165) is 12.2 Å². The molecule has 4 heteroatoms. The Hall–Kier alpha value is -2.10. The Morgan fingerprint density at radius 2 is 1.83 bits per heavy atom. The minimum absolute atomic E-state index is 0.299. The third-order valence-corrected chi connectivity index (χ3v) is 2.65. The van der Waals surface area contributed by atoms with Gasteiger partial charge < -0.3 is 10.5 Å². The molecule has 18 heavy (non-hydrogen) atoms. The van der Waals surface area contributed by atoms with Gasteiger partial charge in [0.15, 0.2) is 5.82 Å². The molecule has 1 aromatic carbocycles. The monoisotopic (exact) mass is 243 g/mol. The molecule has 0 saturated heterocycles. The van der Waals surface area contributed by atoms with Crippen LogP contribution < -0.4 is 10.5 Å². The molecule has 0 aliphatic rings. The van der Waals surface area contributed by atoms with Gasteiger partial charge >= 0.3 is 0 Å². The van der Waals surface area contributed by atoms with Gasteiger partial charge in [-0.25, -0.2) is 9.97 Å². The van der Waals surface area contributed by atoms with Gasteiger partial charge in [0.2, 0.25) is 0 Å². The third kappa shape index (κ3) is 3.20. The summed E-state index contributed by atoms with van der Waals surface area (Å²) in [6.07, 6.45) is 6.60. The van der Waals surface area contributed by atoms with Gasteiger partial charge in [-0.3, -0.25) is 0 Å². The lowest BCUT2D eigenvalue weighted by Crippen LogP contribution is -1.97. The highest BCUT2D eigenvalue weighted by atomic mass is 16.5. The summed E-state index contributed by atoms with van der Waals surface area (Å²) in [6.45, 7) is 2.19. The van der Waals surface area contributed by atoms with Crippen molar-refractivity contribution in [3.63, 3.8) is 0 Å². The van der Waals surface area contributed by atoms with Gasteiger partial charge in [0.1, 0.15) is 5.75 Å². The number of benzene rings is 1. The predicted octanol–water partition coefficient (Wildman–Crippen LogP) is 3.19. The van der Waals surface area contributed by atoms with Crippen LogP contribution in [0.15, 0.2) is 36.7 Å². The van der Waals surface area contributed by atoms with E-state index >= 15 is 0 Å². The smallest absolute Gasteiger partial charge is 0.262 e. The first kappa shape index (κ1) is 12.4. The molecule has 0 spiro atoms. The Labute approximate surface area is 107 Å². The van der Waals surface area contributed by atoms with Crippen molar-refractivity contribution in [1.82, 2.24) is 9.97 Å². The number of ether oxygens (including phenoxy) is 1. The molecule has 0 amide bonds. The molecule has 0 bridgehead atoms. The van der Waals surface area contributed by atoms with Crippen LogP contribution in [0, 0.1) is 0 Å². The number of nitrogen functional groups attached to an aromatic ring is 1. The van der Waals surface area contributed by atoms with Crippen molar-refractivity contribution in [2.24, 2.45) is 0 Å². The molecule has 2 aromatic rings. The number of rotatable bonds is 5. The zero-order chi connectivity index (χ0) is 12.8. The minimum Gasteiger partial charge on any atom is -0.436 e. The third-order valence-electron chi connectivity index (χ3n) is 2.65. The second kappa shape index (κ2) is 6.00. The first-order valence-electron chi connectivity index (χ1n) is 6.13. The number of aryl methyl sites for hydroxylation is 1. The second-order valence-corrected chi connectivity index (χ2v) is 4.10. The predicted molar refractivity (Wildman–Crippen MR) is 71.6 cm³/mol. The van der Waals surface area contributed by atoms with Crippen molar-refractivity contribution in [3.8, 4) is 11.6 Å². The van der Waals surface area contributed by atoms with Gasteiger partial charge in [-0.2, -0.15) is 0 Å². The van der Waals surface area contributed by atoms with E-state index in [-0.39, 0.29) is 0 Å². The molecular formula is C14H17N3O. The van der Waals surface area contributed by atoms with Gasteiger partial charge in [0, 0.05) is 12.4 Å². The average Bonchev–Trinajstić information content (AvgIpc) is 2.41. The second-order valence-electron chi connectivity index (χ2n) is 4.10. The lowest BCUT2D eigenvalue weighted by molar-refractivity contribution is 0.463. The van der Waals surface area contributed by atoms with Crippen LogP contribution in [0.2, 0.25) is 0 Å². The molecule has 1 heterocycles. The van der Waals surface area contributed by atoms with Gasteiger partial charge in [-0.15, -0.1) is 0 Å². The van der Waals surface area contributed by atoms with Crippen LogP contribution in [0.25, 0.3) is 0 Å². The summed E-state index contributed by atoms with van der Waals surface area (Å²) in [7, 11) is 0. The highest BCUT2D eigenvalue weighted by Crippen LogP contribution is 2.23. The number of nitrogens with two attached hydrogens (primary N) is 1. The molecule has 0 unspecified atom stereocenters. The lowest BCUT2D eigenvalue weighted by Gasteiger charge is -2.06. The van der Waals surface area contributed by atoms with Gasteiger partial charge in [-0.1, -0.05) is 25.5 Å². The van der Waals surface area contributed by atoms with Crippen molar-refractivity contribution in [3.05, 3.63) is 42.2 Å². The lowest BCUT2D eigenvalue weighted by atomic mass is 10.1. The minimum atomic E-state index is 0.299. The Morgan fingerprint density at radius 1 is 1.11 bits per heavy atom. The van der Waals surface area contributed by atoms with Crippen LogP contribution in [-0.2, 0) is 6.42 Å². The zero-order valence-electron chi connectivity index (χ0n) is 10.5. The molecule has 0 fully saturated rings. The van der Waals surface area contributed by atoms with Gasteiger partial charge in [0.25, 0.3) is 5.88 Å². The maximum Gasteiger partial charge on any atom is 0.262 e. The normalized spacial score (nSPS) is 10.3. The molecule has 2 rings (SSSR count). The number of hydrogen-bond acceptors (Lipinski definition) is 4. The molecule has 2 N–H and O–H groups in total. The Balaban J connectivity index is 2.04. The summed E-state index contributed by atoms with van der Waals surface area (Å²) in [5.74, 6) is 1.37. The van der Waals surface area contributed by atoms with Gasteiger partial charge in [0.05, 0.1) is 0 Å². The van der Waals surface area contributed by atoms with E-state index in [1.54, 1.807) is 6.20 Å². The van der Waals surface area contributed by atoms with Crippen molar-refractivity contribution < 1.29 is 4.74 Å². The maximum atomic E-state index is 5.67. The van der Waals surface area contributed by atoms with Crippen LogP contribution in [0.4, 0.5) is 5.82 Å². The molecule has 94 valence electrons. The molecule has 1 aromatic heterocycles. The van der Waals surface area contributed by atoms with E-state index in [1.807, 2.05) is 12.1 Å². The quantitative estimate of drug-likeness (QED) is 0.876. The van der Waals surface area contributed by atoms with Crippen LogP contribution in [-0.4, -0.2) is 9.97 Å². The Kier molecular flexibility index (Phi) is 4.12. The van der Waals surface area contributed by atoms with Crippen molar-refractivity contribution in [1.29, 1.82) is 0 Å². The van der Waals surface area contributed by atoms with E-state index in [9.17, 15) is 0 Å². The SMILES string of the molecule is CCCCc1ccc(Oc2nccnc2N)cc1. The van der Waals surface area contributed by atoms with Crippen molar-refractivity contribution in [2.45, 2.75) is 26.2 Å². The highest BCUT2D eigenvalue weighted by Gasteiger charge is 2.03. The van der Waals surface area contributed by atoms with E-state index < -0.39 is 0 Å². The number of nitrogens with zero attached hydrogens (tertiary/aromatic N) is 2. The van der Waals surface area contributed by atoms with Crippen LogP contribution in [0.1, 0.15) is 25.3 Å². The fourth-order valence-corrected chi connectivity index (χ4v) is 1.63. The average molecular weight is 243 g/mol. The number of aromatic nitrogens is 2. The Morgan fingerprint density at radius 3 is 2.50 bits per heavy atom. The molecule has 4 nitrogen and oxygen atoms in total. The molecular weight excluding hydrogens is 226 g/mol. The van der Waals surface area contributed by atoms with Crippen molar-refractivity contribution >= 4 is 5.82 Å². The molecule has 0 saturated carbocycles. The standard InChI is InChI=1S/C14H17N3O/c1-2-3-4-11-5-7-12(8-6-11)18-14-13(15)16-9-10-17-14/h5-10H,2-4H2,1H3,(H2,15,16). The highest BCUT2D eigenvalue weighted by molar-refractivity contribution is 5.42. The van der Waals surface area contributed by atoms with Gasteiger partial charge in [-0.05, 0) is 30.5 Å². The van der Waals surface area contributed by atoms with Crippen LogP contribution >= 0.6 is 0 Å². The summed E-state index contributed by atoms with van der Waals surface area (Å²) in [6, 6.07) is 7.99. The maximum absolute atomic E-state index is 5.67. The molecule has 0 radical (unpaired) electrons. The molecule has 0 aliphatic heterocycles. The fraction of sp³-hybridized carbons (Fsp3) is 0.286. The Bertz CT molecular complexity index is 497. The van der Waals surface area contributed by atoms with Crippen LogP contribution in [0.5, 0.6) is 11.6 Å². The first-order chi connectivity index (χ1) is 8.79. The number of hydrogen-bond donors (Lipinski definition) is 1. The molecule has 0 aliphatic carbocycles. The van der Waals surface area contributed by atoms with E-state index in [4.69, 9.17) is 10.5 Å². The fourth-order valence-electron chi connectivity index (χ4n) is 1.63. The van der Waals surface area contributed by atoms with E-state index in [2.05, 4.69) is 29.0 Å². The zero-order valence-corrected chi connectivity index (χ0v) is 10.5. The van der Waals surface area contributed by atoms with Crippen molar-refractivity contribution in [2.75, 3.05) is 5.73 Å². The summed E-state index contributed by atoms with van der Waals surface area (Å²) in [4.78, 5) is 7.96. The van der Waals surface area contributed by atoms with E-state index in [1.165, 1.54) is 24.6 Å². The van der Waals surface area contributed by atoms with Crippen LogP contribution in [0.3, 0.4) is 0 Å². The summed E-state index contributed by atoms with van der Waals surface area (Å²) in [5.41, 5.74) is 6.98. The summed E-state index contributed by atoms with van der Waals surface area (Å²) >= 11 is 0. The summed E-state index contributed by atoms with van der Waals surface area (Å²) < 4.78 is 5.57. The number of anilines is 1. The summed E-state index contributed by atoms with van der Waals surface area (Å²) in [5, 5.41) is 0. The molecule has 0 atom stereocenters. The largest absolute Gasteiger partial charge is 0.436 e.